The van der Waals surface area contributed by atoms with Crippen molar-refractivity contribution in [2.75, 3.05) is 18.0 Å². The van der Waals surface area contributed by atoms with E-state index in [1.807, 2.05) is 19.9 Å². The van der Waals surface area contributed by atoms with Gasteiger partial charge in [-0.25, -0.2) is 4.39 Å². The van der Waals surface area contributed by atoms with Crippen LogP contribution < -0.4 is 10.5 Å². The maximum Gasteiger partial charge on any atom is 0.270 e. The number of rotatable bonds is 4. The number of pyridine rings is 1. The van der Waals surface area contributed by atoms with Gasteiger partial charge in [0.15, 0.2) is 0 Å². The summed E-state index contributed by atoms with van der Waals surface area (Å²) in [6, 6.07) is 7.94. The number of nitriles is 1. The normalized spacial score (nSPS) is 21.7. The van der Waals surface area contributed by atoms with Gasteiger partial charge in [-0.3, -0.25) is 19.1 Å². The first-order valence-electron chi connectivity index (χ1n) is 11.1. The van der Waals surface area contributed by atoms with Crippen molar-refractivity contribution in [1.29, 1.82) is 5.26 Å². The molecule has 3 heterocycles. The Labute approximate surface area is 212 Å². The van der Waals surface area contributed by atoms with Crippen LogP contribution >= 0.6 is 24.0 Å². The number of benzene rings is 1. The maximum atomic E-state index is 13.3. The highest BCUT2D eigenvalue weighted by atomic mass is 32.2. The van der Waals surface area contributed by atoms with E-state index in [9.17, 15) is 19.2 Å². The molecule has 2 unspecified atom stereocenters. The summed E-state index contributed by atoms with van der Waals surface area (Å²) in [6.45, 7) is 7.02. The number of hydrogen-bond acceptors (Lipinski definition) is 7. The van der Waals surface area contributed by atoms with Gasteiger partial charge in [0.1, 0.15) is 27.6 Å². The second-order valence-corrected chi connectivity index (χ2v) is 10.4. The summed E-state index contributed by atoms with van der Waals surface area (Å²) in [4.78, 5) is 30.2. The van der Waals surface area contributed by atoms with Gasteiger partial charge in [0.2, 0.25) is 0 Å². The van der Waals surface area contributed by atoms with E-state index < -0.39 is 0 Å². The zero-order chi connectivity index (χ0) is 25.4. The summed E-state index contributed by atoms with van der Waals surface area (Å²) in [6.07, 6.45) is 1.62. The number of carbonyl (C=O) groups is 1. The summed E-state index contributed by atoms with van der Waals surface area (Å²) >= 11 is 6.64. The topological polar surface area (TPSA) is 78.6 Å². The van der Waals surface area contributed by atoms with E-state index in [4.69, 9.17) is 17.0 Å². The van der Waals surface area contributed by atoms with E-state index in [1.165, 1.54) is 33.4 Å². The van der Waals surface area contributed by atoms with Crippen LogP contribution in [0.1, 0.15) is 36.1 Å². The third-order valence-electron chi connectivity index (χ3n) is 6.09. The minimum Gasteiger partial charge on any atom is -0.372 e. The van der Waals surface area contributed by atoms with Gasteiger partial charge in [-0.2, -0.15) is 5.26 Å². The number of amides is 1. The first-order valence-corrected chi connectivity index (χ1v) is 12.4. The fourth-order valence-electron chi connectivity index (χ4n) is 4.48. The number of carbonyl (C=O) groups excluding carboxylic acids is 1. The largest absolute Gasteiger partial charge is 0.372 e. The number of ether oxygens (including phenoxy) is 1. The summed E-state index contributed by atoms with van der Waals surface area (Å²) in [7, 11) is 1.64. The van der Waals surface area contributed by atoms with Gasteiger partial charge in [-0.15, -0.1) is 0 Å². The minimum absolute atomic E-state index is 0.0404. The van der Waals surface area contributed by atoms with Crippen LogP contribution in [0.25, 0.3) is 6.08 Å². The summed E-state index contributed by atoms with van der Waals surface area (Å²) in [5, 5.41) is 9.67. The Hall–Kier alpha value is -3.00. The first kappa shape index (κ1) is 25.1. The number of hydrogen-bond donors (Lipinski definition) is 0. The average molecular weight is 513 g/mol. The molecule has 0 N–H and O–H groups in total. The zero-order valence-corrected chi connectivity index (χ0v) is 21.5. The van der Waals surface area contributed by atoms with E-state index >= 15 is 0 Å². The molecule has 1 amide bonds. The highest BCUT2D eigenvalue weighted by molar-refractivity contribution is 8.26. The van der Waals surface area contributed by atoms with E-state index in [0.29, 0.717) is 39.3 Å². The maximum absolute atomic E-state index is 13.3. The highest BCUT2D eigenvalue weighted by Gasteiger charge is 2.34. The second-order valence-electron chi connectivity index (χ2n) is 8.77. The van der Waals surface area contributed by atoms with Gasteiger partial charge < -0.3 is 9.64 Å². The van der Waals surface area contributed by atoms with Crippen LogP contribution in [-0.4, -0.2) is 45.0 Å². The Morgan fingerprint density at radius 2 is 1.86 bits per heavy atom. The number of aromatic nitrogens is 1. The van der Waals surface area contributed by atoms with Gasteiger partial charge in [0.05, 0.1) is 23.7 Å². The van der Waals surface area contributed by atoms with E-state index in [0.717, 1.165) is 5.56 Å². The van der Waals surface area contributed by atoms with Crippen LogP contribution in [0.3, 0.4) is 0 Å². The monoisotopic (exact) mass is 512 g/mol. The van der Waals surface area contributed by atoms with Gasteiger partial charge in [0.25, 0.3) is 11.5 Å². The van der Waals surface area contributed by atoms with Crippen molar-refractivity contribution in [2.24, 2.45) is 7.05 Å². The number of anilines is 1. The lowest BCUT2D eigenvalue weighted by atomic mass is 10.0. The molecule has 2 atom stereocenters. The molecule has 2 aromatic rings. The predicted molar refractivity (Wildman–Crippen MR) is 138 cm³/mol. The minimum atomic E-state index is -0.382. The Kier molecular flexibility index (Phi) is 7.12. The van der Waals surface area contributed by atoms with Gasteiger partial charge in [-0.1, -0.05) is 36.1 Å². The molecular weight excluding hydrogens is 487 g/mol. The van der Waals surface area contributed by atoms with Gasteiger partial charge in [-0.05, 0) is 50.1 Å². The van der Waals surface area contributed by atoms with Crippen molar-refractivity contribution in [3.8, 4) is 6.07 Å². The molecule has 1 aromatic carbocycles. The van der Waals surface area contributed by atoms with Crippen molar-refractivity contribution in [1.82, 2.24) is 9.47 Å². The zero-order valence-electron chi connectivity index (χ0n) is 19.9. The number of halogens is 1. The van der Waals surface area contributed by atoms with Crippen molar-refractivity contribution in [2.45, 2.75) is 39.5 Å². The molecule has 2 saturated heterocycles. The SMILES string of the molecule is Cc1c(/C=C2\SC(=S)N(Cc3ccc(F)cc3)C2=O)c(N2CC(C)OC(C)C2)n(C)c(=O)c1C#N. The van der Waals surface area contributed by atoms with Gasteiger partial charge >= 0.3 is 0 Å². The molecule has 2 fully saturated rings. The Balaban J connectivity index is 1.78. The number of nitrogens with zero attached hydrogens (tertiary/aromatic N) is 4. The summed E-state index contributed by atoms with van der Waals surface area (Å²) in [5.74, 6) is 0.0137. The Bertz CT molecular complexity index is 1320. The molecule has 35 heavy (non-hydrogen) atoms. The van der Waals surface area contributed by atoms with Crippen molar-refractivity contribution in [3.05, 3.63) is 67.6 Å². The summed E-state index contributed by atoms with van der Waals surface area (Å²) < 4.78 is 21.0. The van der Waals surface area contributed by atoms with Crippen molar-refractivity contribution < 1.29 is 13.9 Å². The van der Waals surface area contributed by atoms with Crippen LogP contribution in [-0.2, 0) is 23.1 Å². The lowest BCUT2D eigenvalue weighted by molar-refractivity contribution is -0.122. The van der Waals surface area contributed by atoms with E-state index in [-0.39, 0.29) is 41.6 Å². The molecule has 2 aliphatic heterocycles. The fraction of sp³-hybridized carbons (Fsp3) is 0.360. The molecule has 0 aliphatic carbocycles. The molecule has 0 saturated carbocycles. The lowest BCUT2D eigenvalue weighted by Gasteiger charge is -2.38. The molecule has 182 valence electrons. The smallest absolute Gasteiger partial charge is 0.270 e. The second kappa shape index (κ2) is 9.93. The molecule has 0 spiro atoms. The number of thioether (sulfide) groups is 1. The van der Waals surface area contributed by atoms with Crippen LogP contribution in [0.2, 0.25) is 0 Å². The fourth-order valence-corrected chi connectivity index (χ4v) is 5.72. The molecule has 2 aliphatic rings. The first-order chi connectivity index (χ1) is 16.6. The molecule has 1 aromatic heterocycles. The number of thiocarbonyl (C=S) groups is 1. The van der Waals surface area contributed by atoms with Crippen LogP contribution in [0, 0.1) is 24.1 Å². The predicted octanol–water partition coefficient (Wildman–Crippen LogP) is 3.72. The van der Waals surface area contributed by atoms with Crippen LogP contribution in [0.15, 0.2) is 34.0 Å². The van der Waals surface area contributed by atoms with Crippen molar-refractivity contribution >= 4 is 46.1 Å². The molecule has 0 radical (unpaired) electrons. The molecule has 10 heteroatoms. The molecule has 0 bridgehead atoms. The molecule has 4 rings (SSSR count). The van der Waals surface area contributed by atoms with E-state index in [2.05, 4.69) is 4.90 Å². The third-order valence-corrected chi connectivity index (χ3v) is 7.47. The quantitative estimate of drug-likeness (QED) is 0.456. The van der Waals surface area contributed by atoms with E-state index in [1.54, 1.807) is 32.2 Å². The van der Waals surface area contributed by atoms with Crippen LogP contribution in [0.5, 0.6) is 0 Å². The third kappa shape index (κ3) is 4.89. The van der Waals surface area contributed by atoms with Gasteiger partial charge in [0, 0.05) is 25.7 Å². The van der Waals surface area contributed by atoms with Crippen LogP contribution in [0.4, 0.5) is 10.2 Å². The average Bonchev–Trinajstić information content (AvgIpc) is 3.06. The highest BCUT2D eigenvalue weighted by Crippen LogP contribution is 2.37. The lowest BCUT2D eigenvalue weighted by Crippen LogP contribution is -2.47. The Morgan fingerprint density at radius 1 is 1.23 bits per heavy atom. The summed E-state index contributed by atoms with van der Waals surface area (Å²) in [5.41, 5.74) is 1.56. The molecule has 7 nitrogen and oxygen atoms in total. The number of morpholine rings is 1. The molecular formula is C25H25FN4O3S2. The van der Waals surface area contributed by atoms with Crippen molar-refractivity contribution in [3.63, 3.8) is 0 Å². The standard InChI is InChI=1S/C25H25FN4O3S2/c1-14-11-29(12-15(2)33-14)22-19(16(3)20(10-27)23(31)28(22)4)9-21-24(32)30(25(34)35-21)13-17-5-7-18(26)8-6-17/h5-9,14-15H,11-13H2,1-4H3/b21-9-. The Morgan fingerprint density at radius 3 is 2.46 bits per heavy atom.